The number of fused-ring (bicyclic) bond motifs is 3. The van der Waals surface area contributed by atoms with Crippen molar-refractivity contribution in [2.24, 2.45) is 5.92 Å². The summed E-state index contributed by atoms with van der Waals surface area (Å²) in [6.45, 7) is 0. The number of para-hydroxylation sites is 1. The number of nitrogens with zero attached hydrogens (tertiary/aromatic N) is 1. The summed E-state index contributed by atoms with van der Waals surface area (Å²) >= 11 is 12.4. The first-order valence-corrected chi connectivity index (χ1v) is 10.9. The van der Waals surface area contributed by atoms with Crippen LogP contribution in [0.5, 0.6) is 0 Å². The highest BCUT2D eigenvalue weighted by molar-refractivity contribution is 6.40. The van der Waals surface area contributed by atoms with Crippen molar-refractivity contribution in [3.63, 3.8) is 0 Å². The molecule has 0 saturated heterocycles. The highest BCUT2D eigenvalue weighted by Crippen LogP contribution is 2.37. The summed E-state index contributed by atoms with van der Waals surface area (Å²) in [7, 11) is 0. The third kappa shape index (κ3) is 3.44. The van der Waals surface area contributed by atoms with E-state index in [2.05, 4.69) is 10.3 Å². The van der Waals surface area contributed by atoms with Gasteiger partial charge >= 0.3 is 0 Å². The van der Waals surface area contributed by atoms with Crippen LogP contribution in [0.2, 0.25) is 10.0 Å². The van der Waals surface area contributed by atoms with E-state index >= 15 is 0 Å². The van der Waals surface area contributed by atoms with Crippen molar-refractivity contribution in [1.29, 1.82) is 0 Å². The van der Waals surface area contributed by atoms with E-state index in [0.717, 1.165) is 33.9 Å². The molecule has 0 unspecified atom stereocenters. The Morgan fingerprint density at radius 3 is 2.57 bits per heavy atom. The zero-order valence-electron chi connectivity index (χ0n) is 16.3. The summed E-state index contributed by atoms with van der Waals surface area (Å²) in [5.41, 5.74) is 3.62. The van der Waals surface area contributed by atoms with Gasteiger partial charge in [-0.2, -0.15) is 0 Å². The second kappa shape index (κ2) is 7.93. The Bertz CT molecular complexity index is 1240. The minimum Gasteiger partial charge on any atom is -0.456 e. The van der Waals surface area contributed by atoms with Gasteiger partial charge in [-0.1, -0.05) is 73.2 Å². The molecule has 0 atom stereocenters. The largest absolute Gasteiger partial charge is 0.456 e. The molecule has 1 fully saturated rings. The molecule has 1 N–H and O–H groups in total. The van der Waals surface area contributed by atoms with Crippen molar-refractivity contribution >= 4 is 56.7 Å². The topological polar surface area (TPSA) is 55.1 Å². The van der Waals surface area contributed by atoms with E-state index in [0.29, 0.717) is 27.2 Å². The van der Waals surface area contributed by atoms with Gasteiger partial charge in [0.2, 0.25) is 0 Å². The maximum atomic E-state index is 13.2. The van der Waals surface area contributed by atoms with Gasteiger partial charge in [0.05, 0.1) is 21.3 Å². The van der Waals surface area contributed by atoms with E-state index in [9.17, 15) is 4.79 Å². The Morgan fingerprint density at radius 2 is 1.80 bits per heavy atom. The molecule has 5 rings (SSSR count). The lowest BCUT2D eigenvalue weighted by molar-refractivity contribution is 0.102. The number of aromatic nitrogens is 1. The van der Waals surface area contributed by atoms with Gasteiger partial charge in [0.1, 0.15) is 11.2 Å². The van der Waals surface area contributed by atoms with Crippen molar-refractivity contribution in [2.75, 3.05) is 5.32 Å². The van der Waals surface area contributed by atoms with Crippen LogP contribution in [-0.2, 0) is 6.42 Å². The number of anilines is 1. The molecule has 1 aliphatic rings. The summed E-state index contributed by atoms with van der Waals surface area (Å²) in [5, 5.41) is 5.20. The molecular weight excluding hydrogens is 419 g/mol. The van der Waals surface area contributed by atoms with Crippen LogP contribution in [0.25, 0.3) is 21.9 Å². The van der Waals surface area contributed by atoms with Crippen molar-refractivity contribution in [1.82, 2.24) is 4.98 Å². The molecular formula is C24H20Cl2N2O2. The van der Waals surface area contributed by atoms with Gasteiger partial charge in [0.15, 0.2) is 0 Å². The number of pyridine rings is 1. The Morgan fingerprint density at radius 1 is 1.07 bits per heavy atom. The number of hydrogen-bond donors (Lipinski definition) is 1. The molecule has 4 aromatic rings. The molecule has 0 bridgehead atoms. The second-order valence-corrected chi connectivity index (χ2v) is 8.68. The van der Waals surface area contributed by atoms with Crippen LogP contribution in [0.15, 0.2) is 53.2 Å². The zero-order chi connectivity index (χ0) is 20.7. The third-order valence-electron chi connectivity index (χ3n) is 5.93. The maximum Gasteiger partial charge on any atom is 0.256 e. The average Bonchev–Trinajstić information content (AvgIpc) is 3.39. The first-order valence-electron chi connectivity index (χ1n) is 10.2. The number of rotatable bonds is 4. The number of furan rings is 1. The predicted molar refractivity (Wildman–Crippen MR) is 122 cm³/mol. The summed E-state index contributed by atoms with van der Waals surface area (Å²) in [6, 6.07) is 11.7. The monoisotopic (exact) mass is 438 g/mol. The maximum absolute atomic E-state index is 13.2. The van der Waals surface area contributed by atoms with Crippen LogP contribution in [0, 0.1) is 5.92 Å². The molecule has 30 heavy (non-hydrogen) atoms. The highest BCUT2D eigenvalue weighted by atomic mass is 35.5. The van der Waals surface area contributed by atoms with E-state index in [1.807, 2.05) is 36.4 Å². The number of benzene rings is 2. The van der Waals surface area contributed by atoms with Crippen LogP contribution in [0.1, 0.15) is 41.6 Å². The lowest BCUT2D eigenvalue weighted by Crippen LogP contribution is -2.13. The fraction of sp³-hybridized carbons (Fsp3) is 0.250. The Kier molecular flexibility index (Phi) is 5.13. The summed E-state index contributed by atoms with van der Waals surface area (Å²) < 4.78 is 6.24. The third-order valence-corrected chi connectivity index (χ3v) is 6.50. The molecule has 2 aromatic heterocycles. The van der Waals surface area contributed by atoms with Crippen molar-refractivity contribution < 1.29 is 9.21 Å². The Hall–Kier alpha value is -2.56. The fourth-order valence-electron chi connectivity index (χ4n) is 4.47. The van der Waals surface area contributed by atoms with Crippen LogP contribution < -0.4 is 5.32 Å². The van der Waals surface area contributed by atoms with E-state index in [1.165, 1.54) is 38.1 Å². The van der Waals surface area contributed by atoms with Gasteiger partial charge in [-0.15, -0.1) is 0 Å². The van der Waals surface area contributed by atoms with Gasteiger partial charge in [0, 0.05) is 23.2 Å². The zero-order valence-corrected chi connectivity index (χ0v) is 17.8. The molecule has 0 spiro atoms. The van der Waals surface area contributed by atoms with Gasteiger partial charge in [0.25, 0.3) is 5.91 Å². The summed E-state index contributed by atoms with van der Waals surface area (Å²) in [5.74, 6) is 0.393. The van der Waals surface area contributed by atoms with E-state index < -0.39 is 0 Å². The minimum atomic E-state index is -0.283. The van der Waals surface area contributed by atoms with Gasteiger partial charge in [-0.25, -0.2) is 0 Å². The standard InChI is InChI=1S/C24H20Cl2N2O2/c25-18-12-27-13-19(26)22(18)28-24(29)17-10-9-15(11-14-5-1-2-6-14)23-21(17)16-7-3-4-8-20(16)30-23/h3-4,7-10,12-14H,1-2,5-6,11H2,(H,27,28,29). The van der Waals surface area contributed by atoms with E-state index in [1.54, 1.807) is 0 Å². The number of carbonyl (C=O) groups is 1. The van der Waals surface area contributed by atoms with Crippen molar-refractivity contribution in [3.8, 4) is 0 Å². The number of carbonyl (C=O) groups excluding carboxylic acids is 1. The smallest absolute Gasteiger partial charge is 0.256 e. The first kappa shape index (κ1) is 19.4. The summed E-state index contributed by atoms with van der Waals surface area (Å²) in [4.78, 5) is 17.2. The van der Waals surface area contributed by atoms with Crippen molar-refractivity contribution in [2.45, 2.75) is 32.1 Å². The fourth-order valence-corrected chi connectivity index (χ4v) is 4.93. The normalized spacial score (nSPS) is 14.6. The quantitative estimate of drug-likeness (QED) is 0.364. The van der Waals surface area contributed by atoms with Gasteiger partial charge < -0.3 is 9.73 Å². The van der Waals surface area contributed by atoms with Crippen LogP contribution in [0.3, 0.4) is 0 Å². The molecule has 4 nitrogen and oxygen atoms in total. The Labute approximate surface area is 184 Å². The van der Waals surface area contributed by atoms with Crippen molar-refractivity contribution in [3.05, 3.63) is 70.0 Å². The molecule has 0 aliphatic heterocycles. The number of halogens is 2. The number of amides is 1. The van der Waals surface area contributed by atoms with Gasteiger partial charge in [-0.05, 0) is 30.0 Å². The lowest BCUT2D eigenvalue weighted by atomic mass is 9.94. The molecule has 1 saturated carbocycles. The number of hydrogen-bond acceptors (Lipinski definition) is 3. The predicted octanol–water partition coefficient (Wildman–Crippen LogP) is 7.27. The Balaban J connectivity index is 1.62. The van der Waals surface area contributed by atoms with Crippen LogP contribution in [0.4, 0.5) is 5.69 Å². The van der Waals surface area contributed by atoms with Crippen LogP contribution >= 0.6 is 23.2 Å². The van der Waals surface area contributed by atoms with E-state index in [-0.39, 0.29) is 5.91 Å². The minimum absolute atomic E-state index is 0.283. The average molecular weight is 439 g/mol. The molecule has 0 radical (unpaired) electrons. The highest BCUT2D eigenvalue weighted by Gasteiger charge is 2.23. The van der Waals surface area contributed by atoms with E-state index in [4.69, 9.17) is 27.6 Å². The molecule has 2 aromatic carbocycles. The molecule has 1 amide bonds. The SMILES string of the molecule is O=C(Nc1c(Cl)cncc1Cl)c1ccc(CC2CCCC2)c2oc3ccccc3c12. The van der Waals surface area contributed by atoms with Gasteiger partial charge in [-0.3, -0.25) is 9.78 Å². The molecule has 1 aliphatic carbocycles. The van der Waals surface area contributed by atoms with Crippen LogP contribution in [-0.4, -0.2) is 10.9 Å². The molecule has 6 heteroatoms. The molecule has 2 heterocycles. The second-order valence-electron chi connectivity index (χ2n) is 7.86. The molecule has 152 valence electrons. The lowest BCUT2D eigenvalue weighted by Gasteiger charge is -2.12. The first-order chi connectivity index (χ1) is 14.6. The summed E-state index contributed by atoms with van der Waals surface area (Å²) in [6.07, 6.45) is 8.98. The number of nitrogens with one attached hydrogen (secondary N) is 1.